The average Bonchev–Trinajstić information content (AvgIpc) is 3.34. The molecule has 0 saturated carbocycles. The third kappa shape index (κ3) is 5.26. The first-order valence-corrected chi connectivity index (χ1v) is 9.37. The highest BCUT2D eigenvalue weighted by atomic mass is 19.1. The Bertz CT molecular complexity index is 746. The van der Waals surface area contributed by atoms with Crippen LogP contribution in [0.5, 0.6) is 0 Å². The Balaban J connectivity index is 1.49. The lowest BCUT2D eigenvalue weighted by atomic mass is 10.2. The van der Waals surface area contributed by atoms with Crippen LogP contribution in [0.1, 0.15) is 49.6 Å². The van der Waals surface area contributed by atoms with Crippen molar-refractivity contribution in [2.45, 2.75) is 45.3 Å². The first-order valence-electron chi connectivity index (χ1n) is 9.37. The smallest absolute Gasteiger partial charge is 0.317 e. The monoisotopic (exact) mass is 376 g/mol. The number of nitrogens with zero attached hydrogens (tertiary/aromatic N) is 3. The van der Waals surface area contributed by atoms with Crippen LogP contribution in [0.4, 0.5) is 9.18 Å². The minimum atomic E-state index is -0.306. The number of nitrogens with one attached hydrogen (secondary N) is 1. The van der Waals surface area contributed by atoms with Gasteiger partial charge in [-0.15, -0.1) is 0 Å². The fourth-order valence-corrected chi connectivity index (χ4v) is 3.02. The van der Waals surface area contributed by atoms with E-state index in [0.29, 0.717) is 43.4 Å². The van der Waals surface area contributed by atoms with Crippen LogP contribution in [-0.2, 0) is 17.7 Å². The molecule has 1 fully saturated rings. The van der Waals surface area contributed by atoms with Crippen LogP contribution in [0.15, 0.2) is 28.8 Å². The van der Waals surface area contributed by atoms with Crippen LogP contribution in [0.3, 0.4) is 0 Å². The predicted molar refractivity (Wildman–Crippen MR) is 96.4 cm³/mol. The molecule has 2 heterocycles. The molecule has 8 heteroatoms. The van der Waals surface area contributed by atoms with E-state index in [0.717, 1.165) is 19.3 Å². The molecule has 3 rings (SSSR count). The topological polar surface area (TPSA) is 80.5 Å². The van der Waals surface area contributed by atoms with Crippen molar-refractivity contribution in [1.29, 1.82) is 0 Å². The van der Waals surface area contributed by atoms with Crippen LogP contribution in [0.25, 0.3) is 0 Å². The van der Waals surface area contributed by atoms with Crippen LogP contribution >= 0.6 is 0 Å². The van der Waals surface area contributed by atoms with E-state index < -0.39 is 0 Å². The zero-order valence-corrected chi connectivity index (χ0v) is 15.5. The quantitative estimate of drug-likeness (QED) is 0.765. The van der Waals surface area contributed by atoms with E-state index >= 15 is 0 Å². The molecule has 1 aromatic carbocycles. The minimum Gasteiger partial charge on any atom is -0.368 e. The van der Waals surface area contributed by atoms with Crippen LogP contribution in [0.2, 0.25) is 0 Å². The Morgan fingerprint density at radius 1 is 1.41 bits per heavy atom. The van der Waals surface area contributed by atoms with E-state index in [-0.39, 0.29) is 24.5 Å². The molecule has 1 atom stereocenters. The Kier molecular flexibility index (Phi) is 6.75. The van der Waals surface area contributed by atoms with Crippen molar-refractivity contribution < 1.29 is 18.4 Å². The lowest BCUT2D eigenvalue weighted by Crippen LogP contribution is -2.41. The molecule has 2 amide bonds. The summed E-state index contributed by atoms with van der Waals surface area (Å²) in [6, 6.07) is 6.26. The average molecular weight is 376 g/mol. The number of amides is 2. The maximum atomic E-state index is 13.9. The summed E-state index contributed by atoms with van der Waals surface area (Å²) in [7, 11) is 0. The van der Waals surface area contributed by atoms with Crippen molar-refractivity contribution in [3.05, 3.63) is 47.4 Å². The summed E-state index contributed by atoms with van der Waals surface area (Å²) in [4.78, 5) is 18.4. The summed E-state index contributed by atoms with van der Waals surface area (Å²) >= 11 is 0. The van der Waals surface area contributed by atoms with Gasteiger partial charge in [-0.1, -0.05) is 30.3 Å². The van der Waals surface area contributed by atoms with Gasteiger partial charge in [0, 0.05) is 31.7 Å². The molecule has 0 bridgehead atoms. The van der Waals surface area contributed by atoms with Gasteiger partial charge in [0.25, 0.3) is 5.89 Å². The van der Waals surface area contributed by atoms with Gasteiger partial charge in [-0.05, 0) is 25.3 Å². The number of aromatic nitrogens is 2. The lowest BCUT2D eigenvalue weighted by molar-refractivity contribution is 0.0835. The van der Waals surface area contributed by atoms with Crippen LogP contribution < -0.4 is 5.32 Å². The predicted octanol–water partition coefficient (Wildman–Crippen LogP) is 3.22. The number of benzene rings is 1. The normalized spacial score (nSPS) is 16.4. The first kappa shape index (κ1) is 19.3. The molecule has 1 aromatic heterocycles. The van der Waals surface area contributed by atoms with E-state index in [1.54, 1.807) is 23.1 Å². The van der Waals surface area contributed by atoms with Gasteiger partial charge >= 0.3 is 6.03 Å². The van der Waals surface area contributed by atoms with Crippen molar-refractivity contribution in [2.75, 3.05) is 19.7 Å². The Morgan fingerprint density at radius 3 is 3.00 bits per heavy atom. The Hall–Kier alpha value is -2.48. The van der Waals surface area contributed by atoms with Gasteiger partial charge in [0.15, 0.2) is 5.82 Å². The second-order valence-electron chi connectivity index (χ2n) is 6.55. The van der Waals surface area contributed by atoms with Crippen molar-refractivity contribution in [3.8, 4) is 0 Å². The molecule has 0 spiro atoms. The number of hydrogen-bond donors (Lipinski definition) is 1. The molecule has 1 unspecified atom stereocenters. The third-order valence-corrected chi connectivity index (χ3v) is 4.41. The van der Waals surface area contributed by atoms with E-state index in [9.17, 15) is 9.18 Å². The van der Waals surface area contributed by atoms with Gasteiger partial charge < -0.3 is 19.5 Å². The van der Waals surface area contributed by atoms with E-state index in [1.165, 1.54) is 6.07 Å². The van der Waals surface area contributed by atoms with E-state index in [4.69, 9.17) is 9.26 Å². The van der Waals surface area contributed by atoms with Crippen LogP contribution in [-0.4, -0.2) is 40.8 Å². The number of carbonyl (C=O) groups is 1. The van der Waals surface area contributed by atoms with Gasteiger partial charge in [-0.25, -0.2) is 9.18 Å². The number of hydrogen-bond acceptors (Lipinski definition) is 5. The minimum absolute atomic E-state index is 0.110. The molecule has 146 valence electrons. The number of carbonyl (C=O) groups excluding carboxylic acids is 1. The second kappa shape index (κ2) is 9.45. The van der Waals surface area contributed by atoms with Crippen molar-refractivity contribution in [2.24, 2.45) is 0 Å². The fraction of sp³-hybridized carbons (Fsp3) is 0.526. The maximum absolute atomic E-state index is 13.9. The molecule has 0 aliphatic carbocycles. The van der Waals surface area contributed by atoms with E-state index in [1.807, 2.05) is 6.92 Å². The largest absolute Gasteiger partial charge is 0.368 e. The van der Waals surface area contributed by atoms with Gasteiger partial charge in [0.2, 0.25) is 0 Å². The van der Waals surface area contributed by atoms with Gasteiger partial charge in [0.05, 0.1) is 6.54 Å². The zero-order chi connectivity index (χ0) is 19.1. The Morgan fingerprint density at radius 2 is 2.26 bits per heavy atom. The highest BCUT2D eigenvalue weighted by Crippen LogP contribution is 2.26. The lowest BCUT2D eigenvalue weighted by Gasteiger charge is -2.22. The summed E-state index contributed by atoms with van der Waals surface area (Å²) < 4.78 is 24.6. The number of ether oxygens (including phenoxy) is 1. The SMILES string of the molecule is CCCN(Cc1ccccc1F)C(=O)NCCc1noc(C2CCCO2)n1. The van der Waals surface area contributed by atoms with E-state index in [2.05, 4.69) is 15.5 Å². The summed E-state index contributed by atoms with van der Waals surface area (Å²) in [6.07, 6.45) is 3.02. The summed E-state index contributed by atoms with van der Waals surface area (Å²) in [5.41, 5.74) is 0.500. The Labute approximate surface area is 157 Å². The third-order valence-electron chi connectivity index (χ3n) is 4.41. The number of rotatable bonds is 8. The molecule has 7 nitrogen and oxygen atoms in total. The standard InChI is InChI=1S/C19H25FN4O3/c1-2-11-24(13-14-6-3-4-7-15(14)20)19(25)21-10-9-17-22-18(27-23-17)16-8-5-12-26-16/h3-4,6-7,16H,2,5,8-13H2,1H3,(H,21,25). The van der Waals surface area contributed by atoms with Gasteiger partial charge in [-0.3, -0.25) is 0 Å². The highest BCUT2D eigenvalue weighted by molar-refractivity contribution is 5.74. The molecular formula is C19H25FN4O3. The van der Waals surface area contributed by atoms with Gasteiger partial charge in [-0.2, -0.15) is 4.98 Å². The first-order chi connectivity index (χ1) is 13.2. The molecule has 0 radical (unpaired) electrons. The summed E-state index contributed by atoms with van der Waals surface area (Å²) in [5.74, 6) is 0.734. The van der Waals surface area contributed by atoms with Crippen molar-refractivity contribution in [3.63, 3.8) is 0 Å². The highest BCUT2D eigenvalue weighted by Gasteiger charge is 2.23. The van der Waals surface area contributed by atoms with Crippen LogP contribution in [0, 0.1) is 5.82 Å². The fourth-order valence-electron chi connectivity index (χ4n) is 3.02. The molecular weight excluding hydrogens is 351 g/mol. The molecule has 1 saturated heterocycles. The number of halogens is 1. The van der Waals surface area contributed by atoms with Crippen molar-refractivity contribution in [1.82, 2.24) is 20.4 Å². The van der Waals surface area contributed by atoms with Gasteiger partial charge in [0.1, 0.15) is 11.9 Å². The molecule has 2 aromatic rings. The van der Waals surface area contributed by atoms with Crippen molar-refractivity contribution >= 4 is 6.03 Å². The molecule has 27 heavy (non-hydrogen) atoms. The summed E-state index contributed by atoms with van der Waals surface area (Å²) in [6.45, 7) is 3.85. The molecule has 1 N–H and O–H groups in total. The summed E-state index contributed by atoms with van der Waals surface area (Å²) in [5, 5.41) is 6.78. The molecule has 1 aliphatic heterocycles. The second-order valence-corrected chi connectivity index (χ2v) is 6.55. The number of urea groups is 1. The molecule has 1 aliphatic rings. The zero-order valence-electron chi connectivity index (χ0n) is 15.5. The maximum Gasteiger partial charge on any atom is 0.317 e.